The zero-order valence-electron chi connectivity index (χ0n) is 11.0. The van der Waals surface area contributed by atoms with Crippen molar-refractivity contribution in [3.05, 3.63) is 75.5 Å². The van der Waals surface area contributed by atoms with Crippen LogP contribution in [0.2, 0.25) is 0 Å². The fourth-order valence-corrected chi connectivity index (χ4v) is 8.41. The summed E-state index contributed by atoms with van der Waals surface area (Å²) < 4.78 is 33.2. The van der Waals surface area contributed by atoms with Crippen LogP contribution in [-0.4, -0.2) is 26.9 Å². The molecule has 108 valence electrons. The van der Waals surface area contributed by atoms with Crippen molar-refractivity contribution in [2.75, 3.05) is 0 Å². The zero-order chi connectivity index (χ0) is 14.9. The van der Waals surface area contributed by atoms with E-state index in [-0.39, 0.29) is 3.80 Å². The first kappa shape index (κ1) is 14.3. The van der Waals surface area contributed by atoms with Crippen molar-refractivity contribution in [1.82, 2.24) is 0 Å². The second-order valence-electron chi connectivity index (χ2n) is 4.60. The number of hydrogen-bond acceptors (Lipinski definition) is 2. The van der Waals surface area contributed by atoms with Crippen LogP contribution in [0, 0.1) is 0 Å². The Balaban J connectivity index is 1.92. The van der Waals surface area contributed by atoms with Crippen LogP contribution >= 0.6 is 0 Å². The van der Waals surface area contributed by atoms with Gasteiger partial charge in [0.15, 0.2) is 0 Å². The van der Waals surface area contributed by atoms with E-state index in [1.54, 1.807) is 6.08 Å². The van der Waals surface area contributed by atoms with Crippen molar-refractivity contribution >= 4 is 28.5 Å². The molecule has 2 aromatic carbocycles. The van der Waals surface area contributed by atoms with Gasteiger partial charge in [-0.2, -0.15) is 0 Å². The molecule has 1 aliphatic heterocycles. The third kappa shape index (κ3) is 3.01. The molecule has 3 nitrogen and oxygen atoms in total. The molecular weight excluding hydrogens is 351 g/mol. The van der Waals surface area contributed by atoms with E-state index in [1.165, 1.54) is 6.08 Å². The molecule has 0 saturated heterocycles. The molecule has 0 bridgehead atoms. The van der Waals surface area contributed by atoms with Crippen molar-refractivity contribution < 1.29 is 13.0 Å². The van der Waals surface area contributed by atoms with Crippen LogP contribution in [0.25, 0.3) is 11.1 Å². The molecule has 2 aromatic rings. The zero-order valence-corrected chi connectivity index (χ0v) is 13.7. The van der Waals surface area contributed by atoms with E-state index in [2.05, 4.69) is 0 Å². The topological polar surface area (TPSA) is 54.4 Å². The van der Waals surface area contributed by atoms with Crippen molar-refractivity contribution in [2.24, 2.45) is 0 Å². The average Bonchev–Trinajstić information content (AvgIpc) is 2.98. The standard InChI is InChI=1S/C16H14O3SSe/c17-20(18,19)16-7-4-12-21(16)15-10-8-14(9-11-15)13-5-2-1-3-6-13/h1-12,21H,(H,17,18,19). The van der Waals surface area contributed by atoms with Gasteiger partial charge < -0.3 is 0 Å². The molecule has 5 heteroatoms. The van der Waals surface area contributed by atoms with Crippen LogP contribution in [0.1, 0.15) is 0 Å². The van der Waals surface area contributed by atoms with E-state index < -0.39 is 24.0 Å². The molecule has 0 spiro atoms. The molecule has 0 saturated carbocycles. The van der Waals surface area contributed by atoms with Gasteiger partial charge in [-0.05, 0) is 0 Å². The van der Waals surface area contributed by atoms with Crippen LogP contribution in [-0.2, 0) is 10.1 Å². The van der Waals surface area contributed by atoms with Gasteiger partial charge in [0, 0.05) is 0 Å². The number of benzene rings is 2. The summed E-state index contributed by atoms with van der Waals surface area (Å²) in [5.41, 5.74) is 2.22. The molecule has 0 amide bonds. The Kier molecular flexibility index (Phi) is 3.83. The summed E-state index contributed by atoms with van der Waals surface area (Å²) in [6.07, 6.45) is 3.22. The Hall–Kier alpha value is -1.65. The monoisotopic (exact) mass is 366 g/mol. The molecule has 1 N–H and O–H groups in total. The molecule has 3 rings (SSSR count). The normalized spacial score (nSPS) is 19.5. The molecule has 1 unspecified atom stereocenters. The van der Waals surface area contributed by atoms with Crippen molar-refractivity contribution in [1.29, 1.82) is 0 Å². The Morgan fingerprint density at radius 3 is 2.10 bits per heavy atom. The summed E-state index contributed by atoms with van der Waals surface area (Å²) in [6.45, 7) is 0. The van der Waals surface area contributed by atoms with E-state index >= 15 is 0 Å². The predicted molar refractivity (Wildman–Crippen MR) is 87.4 cm³/mol. The average molecular weight is 365 g/mol. The Labute approximate surface area is 128 Å². The minimum absolute atomic E-state index is 0.169. The van der Waals surface area contributed by atoms with Crippen LogP contribution < -0.4 is 4.46 Å². The van der Waals surface area contributed by atoms with E-state index in [9.17, 15) is 13.0 Å². The summed E-state index contributed by atoms with van der Waals surface area (Å²) >= 11 is -2.03. The first-order valence-electron chi connectivity index (χ1n) is 6.36. The van der Waals surface area contributed by atoms with Gasteiger partial charge in [0.25, 0.3) is 0 Å². The summed E-state index contributed by atoms with van der Waals surface area (Å²) in [6, 6.07) is 17.9. The van der Waals surface area contributed by atoms with Crippen LogP contribution in [0.15, 0.2) is 75.5 Å². The summed E-state index contributed by atoms with van der Waals surface area (Å²) in [4.78, 5) is 1.91. The Bertz CT molecular complexity index is 806. The second-order valence-corrected chi connectivity index (χ2v) is 10.9. The van der Waals surface area contributed by atoms with E-state index in [0.717, 1.165) is 15.6 Å². The maximum atomic E-state index is 11.4. The van der Waals surface area contributed by atoms with Crippen LogP contribution in [0.5, 0.6) is 0 Å². The van der Waals surface area contributed by atoms with Gasteiger partial charge in [-0.3, -0.25) is 0 Å². The number of hydrogen-bond donors (Lipinski definition) is 1. The first-order valence-corrected chi connectivity index (χ1v) is 10.8. The molecule has 0 aromatic heterocycles. The van der Waals surface area contributed by atoms with E-state index in [0.29, 0.717) is 0 Å². The fraction of sp³-hybridized carbons (Fsp3) is 0. The molecule has 1 heterocycles. The SMILES string of the molecule is O=S(=O)(O)C1=CC=C[SeH]1c1ccc(-c2ccccc2)cc1. The van der Waals surface area contributed by atoms with Gasteiger partial charge in [-0.25, -0.2) is 0 Å². The summed E-state index contributed by atoms with van der Waals surface area (Å²) in [7, 11) is -4.10. The third-order valence-corrected chi connectivity index (χ3v) is 10.5. The predicted octanol–water partition coefficient (Wildman–Crippen LogP) is 2.21. The Morgan fingerprint density at radius 1 is 0.857 bits per heavy atom. The van der Waals surface area contributed by atoms with Gasteiger partial charge in [0.1, 0.15) is 0 Å². The summed E-state index contributed by atoms with van der Waals surface area (Å²) in [5.74, 6) is 0. The molecule has 0 aliphatic carbocycles. The minimum atomic E-state index is -4.10. The summed E-state index contributed by atoms with van der Waals surface area (Å²) in [5, 5.41) is 0. The number of allylic oxidation sites excluding steroid dienone is 2. The van der Waals surface area contributed by atoms with Crippen LogP contribution in [0.4, 0.5) is 0 Å². The molecule has 0 radical (unpaired) electrons. The van der Waals surface area contributed by atoms with Crippen LogP contribution in [0.3, 0.4) is 0 Å². The van der Waals surface area contributed by atoms with Gasteiger partial charge >= 0.3 is 128 Å². The van der Waals surface area contributed by atoms with Crippen molar-refractivity contribution in [3.63, 3.8) is 0 Å². The Morgan fingerprint density at radius 2 is 1.48 bits per heavy atom. The first-order chi connectivity index (χ1) is 10.1. The number of rotatable bonds is 3. The van der Waals surface area contributed by atoms with Crippen molar-refractivity contribution in [2.45, 2.75) is 0 Å². The quantitative estimate of drug-likeness (QED) is 0.670. The maximum absolute atomic E-state index is 11.4. The molecule has 1 atom stereocenters. The second kappa shape index (κ2) is 5.62. The van der Waals surface area contributed by atoms with Gasteiger partial charge in [0.2, 0.25) is 0 Å². The van der Waals surface area contributed by atoms with Gasteiger partial charge in [-0.15, -0.1) is 0 Å². The molecule has 21 heavy (non-hydrogen) atoms. The van der Waals surface area contributed by atoms with E-state index in [4.69, 9.17) is 0 Å². The van der Waals surface area contributed by atoms with Gasteiger partial charge in [-0.1, -0.05) is 0 Å². The third-order valence-electron chi connectivity index (χ3n) is 3.23. The molecule has 1 aliphatic rings. The fourth-order valence-electron chi connectivity index (χ4n) is 2.23. The van der Waals surface area contributed by atoms with E-state index in [1.807, 2.05) is 59.6 Å². The molecule has 0 fully saturated rings. The van der Waals surface area contributed by atoms with Crippen molar-refractivity contribution in [3.8, 4) is 11.1 Å². The molecular formula is C16H14O3SSe. The van der Waals surface area contributed by atoms with Gasteiger partial charge in [0.05, 0.1) is 0 Å².